The molecule has 8 heteroatoms. The zero-order chi connectivity index (χ0) is 17.9. The van der Waals surface area contributed by atoms with E-state index in [1.807, 2.05) is 0 Å². The molecule has 0 aliphatic heterocycles. The molecule has 0 amide bonds. The minimum Gasteiger partial charge on any atom is -0.272 e. The number of allylic oxidation sites excluding steroid dienone is 2. The van der Waals surface area contributed by atoms with E-state index < -0.39 is 9.85 Å². The Hall–Kier alpha value is -2.77. The zero-order valence-corrected chi connectivity index (χ0v) is 13.9. The van der Waals surface area contributed by atoms with Crippen LogP contribution in [0.15, 0.2) is 34.4 Å². The van der Waals surface area contributed by atoms with Crippen molar-refractivity contribution in [2.75, 3.05) is 5.43 Å². The van der Waals surface area contributed by atoms with Crippen LogP contribution in [0, 0.1) is 32.1 Å². The van der Waals surface area contributed by atoms with Crippen LogP contribution in [0.3, 0.4) is 0 Å². The zero-order valence-electron chi connectivity index (χ0n) is 13.9. The minimum absolute atomic E-state index is 0.133. The van der Waals surface area contributed by atoms with Gasteiger partial charge in [-0.1, -0.05) is 18.1 Å². The van der Waals surface area contributed by atoms with E-state index in [1.54, 1.807) is 6.21 Å². The summed E-state index contributed by atoms with van der Waals surface area (Å²) in [5, 5.41) is 25.9. The van der Waals surface area contributed by atoms with E-state index in [-0.39, 0.29) is 23.0 Å². The monoisotopic (exact) mass is 332 g/mol. The van der Waals surface area contributed by atoms with Gasteiger partial charge in [-0.25, -0.2) is 0 Å². The van der Waals surface area contributed by atoms with Crippen LogP contribution in [0.5, 0.6) is 0 Å². The lowest BCUT2D eigenvalue weighted by atomic mass is 9.78. The summed E-state index contributed by atoms with van der Waals surface area (Å²) >= 11 is 0. The van der Waals surface area contributed by atoms with Crippen molar-refractivity contribution in [2.45, 2.75) is 33.6 Å². The standard InChI is InChI=1S/C16H20N4O4/c1-10-6-12(3)13(7-11(10)2)9-17-18-15-5-4-14(19(21)22)8-16(15)20(23)24/h4-5,8-9,12-13,18H,6-7H2,1-3H3/b17-9+/t12-,13+/m0/s1. The van der Waals surface area contributed by atoms with Gasteiger partial charge in [-0.2, -0.15) is 5.10 Å². The molecule has 1 aromatic carbocycles. The number of nitro groups is 2. The lowest BCUT2D eigenvalue weighted by Gasteiger charge is -2.27. The van der Waals surface area contributed by atoms with Crippen molar-refractivity contribution in [3.05, 3.63) is 49.6 Å². The van der Waals surface area contributed by atoms with Crippen molar-refractivity contribution in [3.63, 3.8) is 0 Å². The Morgan fingerprint density at radius 3 is 2.46 bits per heavy atom. The highest BCUT2D eigenvalue weighted by atomic mass is 16.6. The van der Waals surface area contributed by atoms with Crippen LogP contribution in [-0.4, -0.2) is 16.1 Å². The number of hydrogen-bond acceptors (Lipinski definition) is 6. The molecule has 0 bridgehead atoms. The number of nitro benzene ring substituents is 2. The fourth-order valence-electron chi connectivity index (χ4n) is 2.82. The summed E-state index contributed by atoms with van der Waals surface area (Å²) in [5.74, 6) is 0.712. The Morgan fingerprint density at radius 2 is 1.83 bits per heavy atom. The fourth-order valence-corrected chi connectivity index (χ4v) is 2.82. The Kier molecular flexibility index (Phi) is 5.28. The molecule has 2 rings (SSSR count). The Morgan fingerprint density at radius 1 is 1.17 bits per heavy atom. The van der Waals surface area contributed by atoms with Crippen molar-refractivity contribution >= 4 is 23.3 Å². The predicted octanol–water partition coefficient (Wildman–Crippen LogP) is 4.28. The minimum atomic E-state index is -0.665. The van der Waals surface area contributed by atoms with E-state index in [0.717, 1.165) is 18.9 Å². The first-order valence-corrected chi connectivity index (χ1v) is 7.66. The second-order valence-corrected chi connectivity index (χ2v) is 6.22. The molecule has 8 nitrogen and oxygen atoms in total. The Bertz CT molecular complexity index is 727. The molecular formula is C16H20N4O4. The molecular weight excluding hydrogens is 312 g/mol. The van der Waals surface area contributed by atoms with E-state index in [9.17, 15) is 20.2 Å². The molecule has 0 unspecified atom stereocenters. The van der Waals surface area contributed by atoms with Crippen molar-refractivity contribution in [3.8, 4) is 0 Å². The van der Waals surface area contributed by atoms with Gasteiger partial charge in [-0.05, 0) is 38.7 Å². The summed E-state index contributed by atoms with van der Waals surface area (Å²) in [6.07, 6.45) is 3.70. The summed E-state index contributed by atoms with van der Waals surface area (Å²) in [6.45, 7) is 6.40. The van der Waals surface area contributed by atoms with Crippen LogP contribution in [-0.2, 0) is 0 Å². The first-order chi connectivity index (χ1) is 11.3. The third kappa shape index (κ3) is 3.95. The molecule has 128 valence electrons. The lowest BCUT2D eigenvalue weighted by molar-refractivity contribution is -0.393. The van der Waals surface area contributed by atoms with Gasteiger partial charge in [0.2, 0.25) is 0 Å². The van der Waals surface area contributed by atoms with Crippen molar-refractivity contribution in [2.24, 2.45) is 16.9 Å². The van der Waals surface area contributed by atoms with E-state index in [0.29, 0.717) is 5.92 Å². The smallest absolute Gasteiger partial charge is 0.272 e. The van der Waals surface area contributed by atoms with Crippen LogP contribution >= 0.6 is 0 Å². The molecule has 2 atom stereocenters. The molecule has 0 saturated heterocycles. The molecule has 0 fully saturated rings. The molecule has 1 N–H and O–H groups in total. The normalized spacial score (nSPS) is 21.1. The number of nitrogens with zero attached hydrogens (tertiary/aromatic N) is 3. The summed E-state index contributed by atoms with van der Waals surface area (Å²) in [5.41, 5.74) is 4.84. The number of non-ortho nitro benzene ring substituents is 1. The molecule has 24 heavy (non-hydrogen) atoms. The number of hydrogen-bond donors (Lipinski definition) is 1. The van der Waals surface area contributed by atoms with Crippen molar-refractivity contribution in [1.29, 1.82) is 0 Å². The maximum absolute atomic E-state index is 11.1. The molecule has 1 aliphatic carbocycles. The summed E-state index contributed by atoms with van der Waals surface area (Å²) < 4.78 is 0. The largest absolute Gasteiger partial charge is 0.301 e. The van der Waals surface area contributed by atoms with Gasteiger partial charge in [0, 0.05) is 18.2 Å². The van der Waals surface area contributed by atoms with E-state index in [1.165, 1.54) is 23.3 Å². The van der Waals surface area contributed by atoms with Crippen LogP contribution in [0.4, 0.5) is 17.1 Å². The first kappa shape index (κ1) is 17.6. The first-order valence-electron chi connectivity index (χ1n) is 7.66. The number of hydrazone groups is 1. The maximum atomic E-state index is 11.1. The van der Waals surface area contributed by atoms with Gasteiger partial charge in [0.1, 0.15) is 5.69 Å². The van der Waals surface area contributed by atoms with E-state index >= 15 is 0 Å². The average Bonchev–Trinajstić information content (AvgIpc) is 2.52. The van der Waals surface area contributed by atoms with Crippen LogP contribution in [0.25, 0.3) is 0 Å². The quantitative estimate of drug-likeness (QED) is 0.374. The fraction of sp³-hybridized carbons (Fsp3) is 0.438. The summed E-state index contributed by atoms with van der Waals surface area (Å²) in [4.78, 5) is 20.5. The van der Waals surface area contributed by atoms with Crippen LogP contribution in [0.1, 0.15) is 33.6 Å². The maximum Gasteiger partial charge on any atom is 0.301 e. The number of anilines is 1. The summed E-state index contributed by atoms with van der Waals surface area (Å²) in [6, 6.07) is 3.44. The van der Waals surface area contributed by atoms with Gasteiger partial charge >= 0.3 is 5.69 Å². The number of nitrogens with one attached hydrogen (secondary N) is 1. The van der Waals surface area contributed by atoms with Gasteiger partial charge in [-0.3, -0.25) is 25.7 Å². The van der Waals surface area contributed by atoms with Gasteiger partial charge in [-0.15, -0.1) is 0 Å². The summed E-state index contributed by atoms with van der Waals surface area (Å²) in [7, 11) is 0. The number of benzene rings is 1. The van der Waals surface area contributed by atoms with Crippen LogP contribution < -0.4 is 5.43 Å². The van der Waals surface area contributed by atoms with Crippen molar-refractivity contribution < 1.29 is 9.85 Å². The topological polar surface area (TPSA) is 111 Å². The van der Waals surface area contributed by atoms with Gasteiger partial charge < -0.3 is 0 Å². The molecule has 0 aromatic heterocycles. The molecule has 0 saturated carbocycles. The van der Waals surface area contributed by atoms with Crippen LogP contribution in [0.2, 0.25) is 0 Å². The molecule has 1 aromatic rings. The average molecular weight is 332 g/mol. The highest BCUT2D eigenvalue weighted by Gasteiger charge is 2.23. The molecule has 1 aliphatic rings. The SMILES string of the molecule is CC1=C(C)C[C@H](/C=N/Nc2ccc([N+](=O)[O-])cc2[N+](=O)[O-])[C@@H](C)C1. The molecule has 0 spiro atoms. The van der Waals surface area contributed by atoms with Gasteiger partial charge in [0.15, 0.2) is 0 Å². The highest BCUT2D eigenvalue weighted by Crippen LogP contribution is 2.33. The third-order valence-corrected chi connectivity index (χ3v) is 4.47. The Labute approximate surface area is 139 Å². The molecule has 0 radical (unpaired) electrons. The second-order valence-electron chi connectivity index (χ2n) is 6.22. The van der Waals surface area contributed by atoms with E-state index in [2.05, 4.69) is 31.3 Å². The Balaban J connectivity index is 2.14. The third-order valence-electron chi connectivity index (χ3n) is 4.47. The predicted molar refractivity (Wildman–Crippen MR) is 92.1 cm³/mol. The lowest BCUT2D eigenvalue weighted by Crippen LogP contribution is -2.19. The number of rotatable bonds is 5. The second kappa shape index (κ2) is 7.20. The van der Waals surface area contributed by atoms with E-state index in [4.69, 9.17) is 0 Å². The van der Waals surface area contributed by atoms with Crippen molar-refractivity contribution in [1.82, 2.24) is 0 Å². The van der Waals surface area contributed by atoms with Gasteiger partial charge in [0.05, 0.1) is 15.9 Å². The van der Waals surface area contributed by atoms with Gasteiger partial charge in [0.25, 0.3) is 5.69 Å². The molecule has 0 heterocycles. The highest BCUT2D eigenvalue weighted by molar-refractivity contribution is 5.68.